The van der Waals surface area contributed by atoms with Crippen molar-refractivity contribution in [3.8, 4) is 5.75 Å². The van der Waals surface area contributed by atoms with Gasteiger partial charge in [-0.25, -0.2) is 4.79 Å². The summed E-state index contributed by atoms with van der Waals surface area (Å²) in [7, 11) is 1.60. The van der Waals surface area contributed by atoms with Crippen LogP contribution in [0.5, 0.6) is 5.75 Å². The van der Waals surface area contributed by atoms with Crippen LogP contribution in [0.15, 0.2) is 47.1 Å². The topological polar surface area (TPSA) is 101 Å². The van der Waals surface area contributed by atoms with E-state index in [1.165, 1.54) is 6.26 Å². The van der Waals surface area contributed by atoms with Gasteiger partial charge in [0.2, 0.25) is 5.91 Å². The first-order chi connectivity index (χ1) is 12.9. The number of rotatable bonds is 7. The summed E-state index contributed by atoms with van der Waals surface area (Å²) in [5, 5.41) is 5.30. The third-order valence-electron chi connectivity index (χ3n) is 4.49. The number of benzene rings is 1. The summed E-state index contributed by atoms with van der Waals surface area (Å²) in [5.41, 5.74) is -0.263. The van der Waals surface area contributed by atoms with Gasteiger partial charge in [0.15, 0.2) is 5.54 Å². The standard InChI is InChI=1S/C19H21N3O5/c1-19(15-4-3-11-27-15)17(24)22(18(25)21-19)12-16(23)20-10-9-13-5-7-14(26-2)8-6-13/h3-8,11H,9-10,12H2,1-2H3,(H,20,23)(H,21,25)/t19-/m0/s1. The van der Waals surface area contributed by atoms with Crippen molar-refractivity contribution in [3.05, 3.63) is 54.0 Å². The molecule has 2 N–H and O–H groups in total. The second-order valence-corrected chi connectivity index (χ2v) is 6.37. The monoisotopic (exact) mass is 371 g/mol. The number of furan rings is 1. The highest BCUT2D eigenvalue weighted by molar-refractivity contribution is 6.08. The van der Waals surface area contributed by atoms with Gasteiger partial charge >= 0.3 is 6.03 Å². The lowest BCUT2D eigenvalue weighted by atomic mass is 9.99. The molecule has 0 saturated carbocycles. The van der Waals surface area contributed by atoms with E-state index < -0.39 is 23.4 Å². The van der Waals surface area contributed by atoms with Crippen LogP contribution in [0.4, 0.5) is 4.79 Å². The van der Waals surface area contributed by atoms with E-state index in [0.717, 1.165) is 16.2 Å². The fourth-order valence-corrected chi connectivity index (χ4v) is 2.91. The Morgan fingerprint density at radius 3 is 2.63 bits per heavy atom. The lowest BCUT2D eigenvalue weighted by Gasteiger charge is -2.18. The predicted molar refractivity (Wildman–Crippen MR) is 96.0 cm³/mol. The van der Waals surface area contributed by atoms with Crippen LogP contribution in [0.1, 0.15) is 18.2 Å². The molecule has 142 valence electrons. The molecule has 1 fully saturated rings. The summed E-state index contributed by atoms with van der Waals surface area (Å²) in [4.78, 5) is 37.8. The quantitative estimate of drug-likeness (QED) is 0.717. The van der Waals surface area contributed by atoms with Gasteiger partial charge in [-0.05, 0) is 43.2 Å². The number of hydrogen-bond donors (Lipinski definition) is 2. The Hall–Kier alpha value is -3.29. The minimum Gasteiger partial charge on any atom is -0.497 e. The van der Waals surface area contributed by atoms with E-state index in [2.05, 4.69) is 10.6 Å². The maximum absolute atomic E-state index is 12.6. The minimum atomic E-state index is -1.30. The number of urea groups is 1. The maximum Gasteiger partial charge on any atom is 0.325 e. The molecule has 27 heavy (non-hydrogen) atoms. The van der Waals surface area contributed by atoms with Gasteiger partial charge in [0.1, 0.15) is 18.1 Å². The van der Waals surface area contributed by atoms with Crippen molar-refractivity contribution in [2.24, 2.45) is 0 Å². The van der Waals surface area contributed by atoms with Crippen LogP contribution < -0.4 is 15.4 Å². The molecule has 8 heteroatoms. The predicted octanol–water partition coefficient (Wildman–Crippen LogP) is 1.41. The molecule has 1 aromatic carbocycles. The summed E-state index contributed by atoms with van der Waals surface area (Å²) in [6.45, 7) is 1.60. The molecule has 0 radical (unpaired) electrons. The smallest absolute Gasteiger partial charge is 0.325 e. The van der Waals surface area contributed by atoms with Gasteiger partial charge in [-0.15, -0.1) is 0 Å². The van der Waals surface area contributed by atoms with Crippen LogP contribution in [0.3, 0.4) is 0 Å². The molecule has 2 heterocycles. The Kier molecular flexibility index (Phi) is 5.16. The van der Waals surface area contributed by atoms with E-state index in [0.29, 0.717) is 18.7 Å². The SMILES string of the molecule is COc1ccc(CCNC(=O)CN2C(=O)N[C@@](C)(c3ccco3)C2=O)cc1. The molecule has 1 aliphatic heterocycles. The van der Waals surface area contributed by atoms with Crippen LogP contribution in [0.25, 0.3) is 0 Å². The number of nitrogens with one attached hydrogen (secondary N) is 2. The van der Waals surface area contributed by atoms with Crippen molar-refractivity contribution in [1.29, 1.82) is 0 Å². The number of carbonyl (C=O) groups is 3. The van der Waals surface area contributed by atoms with Crippen molar-refractivity contribution in [1.82, 2.24) is 15.5 Å². The molecule has 1 saturated heterocycles. The average Bonchev–Trinajstić information content (AvgIpc) is 3.27. The summed E-state index contributed by atoms with van der Waals surface area (Å²) in [6, 6.07) is 10.1. The zero-order chi connectivity index (χ0) is 19.4. The first-order valence-corrected chi connectivity index (χ1v) is 8.52. The Morgan fingerprint density at radius 1 is 1.26 bits per heavy atom. The van der Waals surface area contributed by atoms with Crippen LogP contribution in [0.2, 0.25) is 0 Å². The number of methoxy groups -OCH3 is 1. The highest BCUT2D eigenvalue weighted by Gasteiger charge is 2.51. The summed E-state index contributed by atoms with van der Waals surface area (Å²) < 4.78 is 10.3. The molecular weight excluding hydrogens is 350 g/mol. The van der Waals surface area contributed by atoms with E-state index in [1.54, 1.807) is 26.2 Å². The number of hydrogen-bond acceptors (Lipinski definition) is 5. The Morgan fingerprint density at radius 2 is 2.00 bits per heavy atom. The van der Waals surface area contributed by atoms with E-state index in [1.807, 2.05) is 24.3 Å². The van der Waals surface area contributed by atoms with Crippen molar-refractivity contribution in [3.63, 3.8) is 0 Å². The number of carbonyl (C=O) groups excluding carboxylic acids is 3. The van der Waals surface area contributed by atoms with Gasteiger partial charge in [0, 0.05) is 6.54 Å². The van der Waals surface area contributed by atoms with Gasteiger partial charge in [-0.3, -0.25) is 14.5 Å². The van der Waals surface area contributed by atoms with Crippen LogP contribution in [-0.2, 0) is 21.5 Å². The number of ether oxygens (including phenoxy) is 1. The van der Waals surface area contributed by atoms with E-state index in [4.69, 9.17) is 9.15 Å². The van der Waals surface area contributed by atoms with Gasteiger partial charge in [-0.1, -0.05) is 12.1 Å². The molecule has 2 aromatic rings. The molecule has 4 amide bonds. The Balaban J connectivity index is 1.53. The van der Waals surface area contributed by atoms with Gasteiger partial charge in [0.25, 0.3) is 5.91 Å². The molecule has 8 nitrogen and oxygen atoms in total. The zero-order valence-electron chi connectivity index (χ0n) is 15.2. The summed E-state index contributed by atoms with van der Waals surface area (Å²) in [5.74, 6) is 0.160. The highest BCUT2D eigenvalue weighted by Crippen LogP contribution is 2.28. The van der Waals surface area contributed by atoms with Crippen LogP contribution in [-0.4, -0.2) is 42.9 Å². The minimum absolute atomic E-state index is 0.322. The van der Waals surface area contributed by atoms with Gasteiger partial charge in [-0.2, -0.15) is 0 Å². The van der Waals surface area contributed by atoms with Gasteiger partial charge in [0.05, 0.1) is 13.4 Å². The average molecular weight is 371 g/mol. The highest BCUT2D eigenvalue weighted by atomic mass is 16.5. The first kappa shape index (κ1) is 18.5. The first-order valence-electron chi connectivity index (χ1n) is 8.52. The largest absolute Gasteiger partial charge is 0.497 e. The fraction of sp³-hybridized carbons (Fsp3) is 0.316. The van der Waals surface area contributed by atoms with Gasteiger partial charge < -0.3 is 19.8 Å². The molecule has 3 rings (SSSR count). The molecule has 0 unspecified atom stereocenters. The molecule has 1 atom stereocenters. The van der Waals surface area contributed by atoms with E-state index in [9.17, 15) is 14.4 Å². The molecular formula is C19H21N3O5. The normalized spacial score (nSPS) is 19.1. The molecule has 1 aromatic heterocycles. The fourth-order valence-electron chi connectivity index (χ4n) is 2.91. The Bertz CT molecular complexity index is 832. The third kappa shape index (κ3) is 3.79. The van der Waals surface area contributed by atoms with E-state index >= 15 is 0 Å². The van der Waals surface area contributed by atoms with E-state index in [-0.39, 0.29) is 6.54 Å². The van der Waals surface area contributed by atoms with Crippen LogP contribution in [0, 0.1) is 0 Å². The van der Waals surface area contributed by atoms with Crippen molar-refractivity contribution < 1.29 is 23.5 Å². The summed E-state index contributed by atoms with van der Waals surface area (Å²) >= 11 is 0. The molecule has 1 aliphatic rings. The lowest BCUT2D eigenvalue weighted by molar-refractivity contribution is -0.135. The number of imide groups is 1. The number of nitrogens with zero attached hydrogens (tertiary/aromatic N) is 1. The second kappa shape index (κ2) is 7.53. The third-order valence-corrected chi connectivity index (χ3v) is 4.49. The number of amides is 4. The van der Waals surface area contributed by atoms with Crippen molar-refractivity contribution >= 4 is 17.8 Å². The lowest BCUT2D eigenvalue weighted by Crippen LogP contribution is -2.43. The molecule has 0 aliphatic carbocycles. The molecule has 0 bridgehead atoms. The Labute approximate surface area is 156 Å². The summed E-state index contributed by atoms with van der Waals surface area (Å²) in [6.07, 6.45) is 2.05. The van der Waals surface area contributed by atoms with Crippen molar-refractivity contribution in [2.45, 2.75) is 18.9 Å². The maximum atomic E-state index is 12.6. The second-order valence-electron chi connectivity index (χ2n) is 6.37. The molecule has 0 spiro atoms. The van der Waals surface area contributed by atoms with Crippen LogP contribution >= 0.6 is 0 Å². The zero-order valence-corrected chi connectivity index (χ0v) is 15.2. The van der Waals surface area contributed by atoms with Crippen molar-refractivity contribution in [2.75, 3.05) is 20.2 Å².